The van der Waals surface area contributed by atoms with Gasteiger partial charge >= 0.3 is 12.1 Å². The molecule has 2 amide bonds. The summed E-state index contributed by atoms with van der Waals surface area (Å²) in [6, 6.07) is 6.66. The average molecular weight is 451 g/mol. The van der Waals surface area contributed by atoms with Crippen LogP contribution in [0.25, 0.3) is 0 Å². The van der Waals surface area contributed by atoms with E-state index in [1.165, 1.54) is 18.4 Å². The number of carbonyl (C=O) groups is 3. The molecule has 0 bridgehead atoms. The lowest BCUT2D eigenvalue weighted by molar-refractivity contribution is 0.0226. The van der Waals surface area contributed by atoms with Crippen LogP contribution in [-0.2, 0) is 22.4 Å². The number of esters is 1. The van der Waals surface area contributed by atoms with Crippen molar-refractivity contribution in [2.45, 2.75) is 39.3 Å². The van der Waals surface area contributed by atoms with Crippen molar-refractivity contribution in [2.75, 3.05) is 19.0 Å². The minimum absolute atomic E-state index is 0.293. The van der Waals surface area contributed by atoms with Gasteiger partial charge in [-0.15, -0.1) is 11.3 Å². The third-order valence-electron chi connectivity index (χ3n) is 4.44. The van der Waals surface area contributed by atoms with Gasteiger partial charge in [0.25, 0.3) is 5.91 Å². The highest BCUT2D eigenvalue weighted by Crippen LogP contribution is 2.38. The molecule has 0 unspecified atom stereocenters. The lowest BCUT2D eigenvalue weighted by Crippen LogP contribution is -2.39. The van der Waals surface area contributed by atoms with E-state index < -0.39 is 23.6 Å². The highest BCUT2D eigenvalue weighted by atomic mass is 35.5. The van der Waals surface area contributed by atoms with Crippen LogP contribution in [0.2, 0.25) is 5.02 Å². The van der Waals surface area contributed by atoms with Crippen LogP contribution < -0.4 is 5.32 Å². The Balaban J connectivity index is 1.89. The fraction of sp³-hybridized carbons (Fsp3) is 0.381. The Morgan fingerprint density at radius 1 is 1.20 bits per heavy atom. The molecule has 160 valence electrons. The zero-order valence-electron chi connectivity index (χ0n) is 17.2. The number of methoxy groups -OCH3 is 1. The summed E-state index contributed by atoms with van der Waals surface area (Å²) >= 11 is 7.36. The molecule has 1 aromatic carbocycles. The summed E-state index contributed by atoms with van der Waals surface area (Å²) in [4.78, 5) is 40.0. The molecule has 2 heterocycles. The van der Waals surface area contributed by atoms with E-state index in [1.54, 1.807) is 29.2 Å². The van der Waals surface area contributed by atoms with Gasteiger partial charge in [-0.25, -0.2) is 9.59 Å². The third-order valence-corrected chi connectivity index (χ3v) is 5.91. The summed E-state index contributed by atoms with van der Waals surface area (Å²) in [5, 5.41) is 3.47. The zero-order valence-corrected chi connectivity index (χ0v) is 18.8. The summed E-state index contributed by atoms with van der Waals surface area (Å²) in [6.07, 6.45) is 0.0418. The Labute approximate surface area is 183 Å². The molecule has 1 aromatic heterocycles. The van der Waals surface area contributed by atoms with Crippen LogP contribution in [0.4, 0.5) is 9.80 Å². The molecule has 0 fully saturated rings. The molecule has 1 aliphatic heterocycles. The van der Waals surface area contributed by atoms with Crippen LogP contribution >= 0.6 is 22.9 Å². The zero-order chi connectivity index (χ0) is 22.1. The Kier molecular flexibility index (Phi) is 6.38. The van der Waals surface area contributed by atoms with Crippen LogP contribution in [0.5, 0.6) is 0 Å². The maximum atomic E-state index is 12.7. The summed E-state index contributed by atoms with van der Waals surface area (Å²) in [7, 11) is 1.29. The largest absolute Gasteiger partial charge is 0.465 e. The van der Waals surface area contributed by atoms with Gasteiger partial charge in [-0.05, 0) is 44.9 Å². The second-order valence-electron chi connectivity index (χ2n) is 7.79. The van der Waals surface area contributed by atoms with E-state index in [9.17, 15) is 14.4 Å². The van der Waals surface area contributed by atoms with Crippen LogP contribution in [-0.4, -0.2) is 42.1 Å². The van der Waals surface area contributed by atoms with Gasteiger partial charge in [0.05, 0.1) is 29.8 Å². The highest BCUT2D eigenvalue weighted by molar-refractivity contribution is 7.17. The highest BCUT2D eigenvalue weighted by Gasteiger charge is 2.32. The lowest BCUT2D eigenvalue weighted by atomic mass is 10.0. The standard InChI is InChI=1S/C21H23ClN2O5S/c1-21(2,3)29-20(27)24-10-9-13-15(11-24)30-18(16(13)19(26)28-4)23-17(25)12-7-5-6-8-14(12)22/h5-8H,9-11H2,1-4H3,(H,23,25). The number of fused-ring (bicyclic) bond motifs is 1. The van der Waals surface area contributed by atoms with Gasteiger partial charge in [-0.2, -0.15) is 0 Å². The Morgan fingerprint density at radius 2 is 1.90 bits per heavy atom. The van der Waals surface area contributed by atoms with Gasteiger partial charge in [-0.3, -0.25) is 4.79 Å². The van der Waals surface area contributed by atoms with Crippen LogP contribution in [0.3, 0.4) is 0 Å². The molecule has 3 rings (SSSR count). The molecule has 0 saturated heterocycles. The molecule has 0 spiro atoms. The van der Waals surface area contributed by atoms with Crippen molar-refractivity contribution < 1.29 is 23.9 Å². The number of ether oxygens (including phenoxy) is 2. The van der Waals surface area contributed by atoms with Crippen LogP contribution in [0.1, 0.15) is 51.9 Å². The predicted molar refractivity (Wildman–Crippen MR) is 115 cm³/mol. The Bertz CT molecular complexity index is 996. The van der Waals surface area contributed by atoms with Crippen molar-refractivity contribution in [3.63, 3.8) is 0 Å². The van der Waals surface area contributed by atoms with E-state index in [1.807, 2.05) is 20.8 Å². The Hall–Kier alpha value is -2.58. The van der Waals surface area contributed by atoms with E-state index >= 15 is 0 Å². The predicted octanol–water partition coefficient (Wildman–Crippen LogP) is 4.73. The quantitative estimate of drug-likeness (QED) is 0.683. The van der Waals surface area contributed by atoms with Gasteiger partial charge in [0.15, 0.2) is 0 Å². The average Bonchev–Trinajstić information content (AvgIpc) is 3.03. The van der Waals surface area contributed by atoms with Gasteiger partial charge in [-0.1, -0.05) is 23.7 Å². The topological polar surface area (TPSA) is 84.9 Å². The molecular weight excluding hydrogens is 428 g/mol. The number of benzene rings is 1. The fourth-order valence-electron chi connectivity index (χ4n) is 3.11. The van der Waals surface area contributed by atoms with Crippen LogP contribution in [0, 0.1) is 0 Å². The number of halogens is 1. The van der Waals surface area contributed by atoms with E-state index in [0.29, 0.717) is 40.7 Å². The molecule has 0 saturated carbocycles. The van der Waals surface area contributed by atoms with E-state index in [-0.39, 0.29) is 0 Å². The van der Waals surface area contributed by atoms with Gasteiger partial charge in [0.1, 0.15) is 10.6 Å². The second kappa shape index (κ2) is 8.65. The van der Waals surface area contributed by atoms with E-state index in [2.05, 4.69) is 5.32 Å². The number of nitrogens with zero attached hydrogens (tertiary/aromatic N) is 1. The number of anilines is 1. The smallest absolute Gasteiger partial charge is 0.410 e. The molecule has 30 heavy (non-hydrogen) atoms. The maximum Gasteiger partial charge on any atom is 0.410 e. The molecule has 2 aromatic rings. The first-order chi connectivity index (χ1) is 14.1. The first-order valence-corrected chi connectivity index (χ1v) is 10.6. The normalized spacial score (nSPS) is 13.4. The van der Waals surface area contributed by atoms with E-state index in [0.717, 1.165) is 10.4 Å². The summed E-state index contributed by atoms with van der Waals surface area (Å²) in [6.45, 7) is 6.12. The number of rotatable bonds is 3. The van der Waals surface area contributed by atoms with Crippen molar-refractivity contribution in [3.05, 3.63) is 50.9 Å². The minimum atomic E-state index is -0.599. The lowest BCUT2D eigenvalue weighted by Gasteiger charge is -2.30. The Morgan fingerprint density at radius 3 is 2.53 bits per heavy atom. The van der Waals surface area contributed by atoms with Crippen LogP contribution in [0.15, 0.2) is 24.3 Å². The van der Waals surface area contributed by atoms with E-state index in [4.69, 9.17) is 21.1 Å². The van der Waals surface area contributed by atoms with Crippen molar-refractivity contribution in [1.82, 2.24) is 4.90 Å². The molecule has 0 atom stereocenters. The number of carbonyl (C=O) groups excluding carboxylic acids is 3. The van der Waals surface area contributed by atoms with Crippen molar-refractivity contribution in [1.29, 1.82) is 0 Å². The van der Waals surface area contributed by atoms with Gasteiger partial charge in [0, 0.05) is 11.4 Å². The first-order valence-electron chi connectivity index (χ1n) is 9.37. The number of thiophene rings is 1. The first kappa shape index (κ1) is 22.1. The molecule has 9 heteroatoms. The molecule has 0 aliphatic carbocycles. The monoisotopic (exact) mass is 450 g/mol. The van der Waals surface area contributed by atoms with Crippen molar-refractivity contribution in [3.8, 4) is 0 Å². The molecular formula is C21H23ClN2O5S. The summed E-state index contributed by atoms with van der Waals surface area (Å²) < 4.78 is 10.4. The third kappa shape index (κ3) is 4.76. The number of hydrogen-bond donors (Lipinski definition) is 1. The second-order valence-corrected chi connectivity index (χ2v) is 9.30. The van der Waals surface area contributed by atoms with Gasteiger partial charge in [0.2, 0.25) is 0 Å². The number of hydrogen-bond acceptors (Lipinski definition) is 6. The fourth-order valence-corrected chi connectivity index (χ4v) is 4.58. The van der Waals surface area contributed by atoms with Crippen molar-refractivity contribution >= 4 is 45.9 Å². The van der Waals surface area contributed by atoms with Crippen molar-refractivity contribution in [2.24, 2.45) is 0 Å². The van der Waals surface area contributed by atoms with Gasteiger partial charge < -0.3 is 19.7 Å². The minimum Gasteiger partial charge on any atom is -0.465 e. The molecule has 0 radical (unpaired) electrons. The SMILES string of the molecule is COC(=O)c1c(NC(=O)c2ccccc2Cl)sc2c1CCN(C(=O)OC(C)(C)C)C2. The maximum absolute atomic E-state index is 12.7. The summed E-state index contributed by atoms with van der Waals surface area (Å²) in [5.74, 6) is -0.957. The number of nitrogens with one attached hydrogen (secondary N) is 1. The number of amides is 2. The molecule has 7 nitrogen and oxygen atoms in total. The molecule has 1 N–H and O–H groups in total. The summed E-state index contributed by atoms with van der Waals surface area (Å²) in [5.41, 5.74) is 0.803. The molecule has 1 aliphatic rings.